The van der Waals surface area contributed by atoms with Crippen molar-refractivity contribution in [2.45, 2.75) is 27.0 Å². The van der Waals surface area contributed by atoms with Crippen LogP contribution in [0.1, 0.15) is 25.0 Å². The molecular weight excluding hydrogens is 333 g/mol. The molecule has 0 radical (unpaired) electrons. The number of hydrogen-bond donors (Lipinski definition) is 1. The summed E-state index contributed by atoms with van der Waals surface area (Å²) in [6, 6.07) is 11.3. The van der Waals surface area contributed by atoms with Crippen LogP contribution in [0.2, 0.25) is 10.0 Å². The van der Waals surface area contributed by atoms with E-state index in [1.807, 2.05) is 37.3 Å². The van der Waals surface area contributed by atoms with Gasteiger partial charge in [0.25, 0.3) is 0 Å². The molecule has 124 valence electrons. The Labute approximate surface area is 147 Å². The molecule has 0 aromatic heterocycles. The lowest BCUT2D eigenvalue weighted by molar-refractivity contribution is 0.269. The number of rotatable bonds is 8. The third kappa shape index (κ3) is 5.03. The molecule has 0 amide bonds. The standard InChI is InChI=1S/C18H21Cl2NO2/c1-3-21-11-14-9-17(22-4-2)18(10-16(14)20)23-12-13-7-5-6-8-15(13)19/h5-10,21H,3-4,11-12H2,1-2H3. The third-order valence-corrected chi connectivity index (χ3v) is 4.04. The van der Waals surface area contributed by atoms with Crippen molar-refractivity contribution in [3.05, 3.63) is 57.6 Å². The highest BCUT2D eigenvalue weighted by atomic mass is 35.5. The fourth-order valence-electron chi connectivity index (χ4n) is 2.12. The first-order valence-corrected chi connectivity index (χ1v) is 8.43. The molecule has 0 aliphatic carbocycles. The Hall–Kier alpha value is -1.42. The zero-order chi connectivity index (χ0) is 16.7. The second-order valence-corrected chi connectivity index (χ2v) is 5.80. The Morgan fingerprint density at radius 1 is 0.913 bits per heavy atom. The van der Waals surface area contributed by atoms with Crippen molar-refractivity contribution in [3.63, 3.8) is 0 Å². The van der Waals surface area contributed by atoms with E-state index in [2.05, 4.69) is 12.2 Å². The van der Waals surface area contributed by atoms with Gasteiger partial charge in [0, 0.05) is 28.2 Å². The van der Waals surface area contributed by atoms with Gasteiger partial charge in [0.15, 0.2) is 11.5 Å². The Kier molecular flexibility index (Phi) is 7.03. The van der Waals surface area contributed by atoms with Crippen LogP contribution in [-0.2, 0) is 13.2 Å². The van der Waals surface area contributed by atoms with E-state index in [9.17, 15) is 0 Å². The van der Waals surface area contributed by atoms with Crippen molar-refractivity contribution >= 4 is 23.2 Å². The van der Waals surface area contributed by atoms with Gasteiger partial charge in [-0.2, -0.15) is 0 Å². The Bertz CT molecular complexity index is 647. The molecule has 23 heavy (non-hydrogen) atoms. The lowest BCUT2D eigenvalue weighted by Gasteiger charge is -2.15. The van der Waals surface area contributed by atoms with Crippen LogP contribution in [0.25, 0.3) is 0 Å². The second kappa shape index (κ2) is 9.02. The molecule has 5 heteroatoms. The van der Waals surface area contributed by atoms with Gasteiger partial charge in [-0.05, 0) is 31.2 Å². The molecular formula is C18H21Cl2NO2. The predicted octanol–water partition coefficient (Wildman–Crippen LogP) is 5.08. The third-order valence-electron chi connectivity index (χ3n) is 3.32. The molecule has 3 nitrogen and oxygen atoms in total. The van der Waals surface area contributed by atoms with Crippen molar-refractivity contribution in [1.29, 1.82) is 0 Å². The molecule has 1 N–H and O–H groups in total. The molecule has 0 heterocycles. The normalized spacial score (nSPS) is 10.6. The molecule has 0 aliphatic heterocycles. The van der Waals surface area contributed by atoms with Gasteiger partial charge in [-0.3, -0.25) is 0 Å². The van der Waals surface area contributed by atoms with Crippen molar-refractivity contribution in [2.24, 2.45) is 0 Å². The van der Waals surface area contributed by atoms with Crippen LogP contribution in [0.3, 0.4) is 0 Å². The lowest BCUT2D eigenvalue weighted by Crippen LogP contribution is -2.12. The first-order valence-electron chi connectivity index (χ1n) is 7.67. The summed E-state index contributed by atoms with van der Waals surface area (Å²) < 4.78 is 11.6. The molecule has 0 aliphatic rings. The van der Waals surface area contributed by atoms with Gasteiger partial charge in [0.2, 0.25) is 0 Å². The Morgan fingerprint density at radius 3 is 2.35 bits per heavy atom. The van der Waals surface area contributed by atoms with E-state index in [0.717, 1.165) is 17.7 Å². The highest BCUT2D eigenvalue weighted by Gasteiger charge is 2.12. The summed E-state index contributed by atoms with van der Waals surface area (Å²) in [4.78, 5) is 0. The summed E-state index contributed by atoms with van der Waals surface area (Å²) in [5, 5.41) is 4.60. The van der Waals surface area contributed by atoms with E-state index in [4.69, 9.17) is 32.7 Å². The summed E-state index contributed by atoms with van der Waals surface area (Å²) >= 11 is 12.5. The van der Waals surface area contributed by atoms with E-state index in [1.165, 1.54) is 0 Å². The van der Waals surface area contributed by atoms with E-state index < -0.39 is 0 Å². The number of hydrogen-bond acceptors (Lipinski definition) is 3. The largest absolute Gasteiger partial charge is 0.490 e. The fourth-order valence-corrected chi connectivity index (χ4v) is 2.54. The van der Waals surface area contributed by atoms with E-state index >= 15 is 0 Å². The molecule has 2 aromatic carbocycles. The molecule has 0 unspecified atom stereocenters. The smallest absolute Gasteiger partial charge is 0.163 e. The minimum Gasteiger partial charge on any atom is -0.490 e. The van der Waals surface area contributed by atoms with E-state index in [-0.39, 0.29) is 0 Å². The molecule has 0 saturated heterocycles. The maximum atomic E-state index is 6.35. The van der Waals surface area contributed by atoms with Crippen LogP contribution in [-0.4, -0.2) is 13.2 Å². The molecule has 2 rings (SSSR count). The van der Waals surface area contributed by atoms with Crippen LogP contribution >= 0.6 is 23.2 Å². The molecule has 2 aromatic rings. The van der Waals surface area contributed by atoms with Crippen LogP contribution < -0.4 is 14.8 Å². The minimum absolute atomic E-state index is 0.364. The van der Waals surface area contributed by atoms with Gasteiger partial charge < -0.3 is 14.8 Å². The summed E-state index contributed by atoms with van der Waals surface area (Å²) in [6.45, 7) is 6.49. The topological polar surface area (TPSA) is 30.5 Å². The van der Waals surface area contributed by atoms with Crippen molar-refractivity contribution < 1.29 is 9.47 Å². The minimum atomic E-state index is 0.364. The lowest BCUT2D eigenvalue weighted by atomic mass is 10.2. The van der Waals surface area contributed by atoms with Crippen LogP contribution in [0.15, 0.2) is 36.4 Å². The SMILES string of the molecule is CCNCc1cc(OCC)c(OCc2ccccc2Cl)cc1Cl. The Morgan fingerprint density at radius 2 is 1.65 bits per heavy atom. The van der Waals surface area contributed by atoms with Crippen molar-refractivity contribution in [2.75, 3.05) is 13.2 Å². The average Bonchev–Trinajstić information content (AvgIpc) is 2.55. The first kappa shape index (κ1) is 17.9. The van der Waals surface area contributed by atoms with Gasteiger partial charge in [-0.15, -0.1) is 0 Å². The zero-order valence-electron chi connectivity index (χ0n) is 13.4. The predicted molar refractivity (Wildman–Crippen MR) is 95.8 cm³/mol. The second-order valence-electron chi connectivity index (χ2n) is 4.98. The summed E-state index contributed by atoms with van der Waals surface area (Å²) in [7, 11) is 0. The quantitative estimate of drug-likeness (QED) is 0.717. The monoisotopic (exact) mass is 353 g/mol. The van der Waals surface area contributed by atoms with Crippen LogP contribution in [0, 0.1) is 0 Å². The summed E-state index contributed by atoms with van der Waals surface area (Å²) in [5.41, 5.74) is 1.91. The number of nitrogens with one attached hydrogen (secondary N) is 1. The van der Waals surface area contributed by atoms with Gasteiger partial charge >= 0.3 is 0 Å². The fraction of sp³-hybridized carbons (Fsp3) is 0.333. The van der Waals surface area contributed by atoms with Crippen molar-refractivity contribution in [3.8, 4) is 11.5 Å². The van der Waals surface area contributed by atoms with E-state index in [0.29, 0.717) is 41.3 Å². The number of halogens is 2. The molecule has 0 atom stereocenters. The maximum absolute atomic E-state index is 6.35. The molecule has 0 saturated carbocycles. The number of benzene rings is 2. The van der Waals surface area contributed by atoms with E-state index in [1.54, 1.807) is 6.07 Å². The highest BCUT2D eigenvalue weighted by Crippen LogP contribution is 2.34. The van der Waals surface area contributed by atoms with Crippen LogP contribution in [0.4, 0.5) is 0 Å². The molecule has 0 spiro atoms. The first-order chi connectivity index (χ1) is 11.2. The zero-order valence-corrected chi connectivity index (χ0v) is 14.9. The van der Waals surface area contributed by atoms with Gasteiger partial charge in [0.1, 0.15) is 6.61 Å². The Balaban J connectivity index is 2.19. The summed E-state index contributed by atoms with van der Waals surface area (Å²) in [6.07, 6.45) is 0. The van der Waals surface area contributed by atoms with Gasteiger partial charge in [-0.25, -0.2) is 0 Å². The molecule has 0 bridgehead atoms. The maximum Gasteiger partial charge on any atom is 0.163 e. The van der Waals surface area contributed by atoms with Crippen molar-refractivity contribution in [1.82, 2.24) is 5.32 Å². The number of ether oxygens (including phenoxy) is 2. The summed E-state index contributed by atoms with van der Waals surface area (Å²) in [5.74, 6) is 1.31. The average molecular weight is 354 g/mol. The van der Waals surface area contributed by atoms with Crippen LogP contribution in [0.5, 0.6) is 11.5 Å². The van der Waals surface area contributed by atoms with Gasteiger partial charge in [0.05, 0.1) is 6.61 Å². The molecule has 0 fully saturated rings. The van der Waals surface area contributed by atoms with Gasteiger partial charge in [-0.1, -0.05) is 48.3 Å². The highest BCUT2D eigenvalue weighted by molar-refractivity contribution is 6.31.